The standard InChI is InChI=1S/C17H14F4N2OS/c18-12-4-1-10(2-5-12)15(16(24)23-13-6-7-13)25-14-8-3-11(9-22-14)17(19,20)21/h1-5,8-9,13,15H,6-7H2,(H,23,24)/t15-/m1/s1. The van der Waals surface area contributed by atoms with Crippen LogP contribution in [0.1, 0.15) is 29.2 Å². The van der Waals surface area contributed by atoms with E-state index in [9.17, 15) is 22.4 Å². The smallest absolute Gasteiger partial charge is 0.352 e. The van der Waals surface area contributed by atoms with Crippen LogP contribution in [0.15, 0.2) is 47.6 Å². The van der Waals surface area contributed by atoms with E-state index in [0.29, 0.717) is 5.56 Å². The summed E-state index contributed by atoms with van der Waals surface area (Å²) in [6, 6.07) is 7.76. The molecule has 132 valence electrons. The third-order valence-corrected chi connectivity index (χ3v) is 4.84. The van der Waals surface area contributed by atoms with E-state index in [1.807, 2.05) is 0 Å². The highest BCUT2D eigenvalue weighted by atomic mass is 32.2. The predicted molar refractivity (Wildman–Crippen MR) is 85.4 cm³/mol. The fourth-order valence-electron chi connectivity index (χ4n) is 2.15. The number of carbonyl (C=O) groups excluding carboxylic acids is 1. The monoisotopic (exact) mass is 370 g/mol. The topological polar surface area (TPSA) is 42.0 Å². The van der Waals surface area contributed by atoms with Crippen LogP contribution >= 0.6 is 11.8 Å². The van der Waals surface area contributed by atoms with Crippen molar-refractivity contribution >= 4 is 17.7 Å². The molecule has 0 aliphatic heterocycles. The summed E-state index contributed by atoms with van der Waals surface area (Å²) < 4.78 is 51.0. The van der Waals surface area contributed by atoms with Crippen molar-refractivity contribution in [3.8, 4) is 0 Å². The van der Waals surface area contributed by atoms with E-state index in [-0.39, 0.29) is 17.0 Å². The number of thioether (sulfide) groups is 1. The van der Waals surface area contributed by atoms with Gasteiger partial charge in [0.15, 0.2) is 0 Å². The molecule has 1 aromatic heterocycles. The summed E-state index contributed by atoms with van der Waals surface area (Å²) in [7, 11) is 0. The number of hydrogen-bond donors (Lipinski definition) is 1. The molecule has 0 saturated heterocycles. The zero-order valence-corrected chi connectivity index (χ0v) is 13.7. The molecule has 3 nitrogen and oxygen atoms in total. The second-order valence-corrected chi connectivity index (χ2v) is 6.84. The first-order chi connectivity index (χ1) is 11.8. The van der Waals surface area contributed by atoms with Crippen LogP contribution in [0.5, 0.6) is 0 Å². The zero-order chi connectivity index (χ0) is 18.0. The van der Waals surface area contributed by atoms with Crippen molar-refractivity contribution in [2.75, 3.05) is 0 Å². The van der Waals surface area contributed by atoms with Gasteiger partial charge >= 0.3 is 6.18 Å². The summed E-state index contributed by atoms with van der Waals surface area (Å²) in [4.78, 5) is 16.3. The van der Waals surface area contributed by atoms with Crippen molar-refractivity contribution in [2.24, 2.45) is 0 Å². The van der Waals surface area contributed by atoms with Gasteiger partial charge in [-0.25, -0.2) is 9.37 Å². The minimum atomic E-state index is -4.46. The molecule has 1 aliphatic carbocycles. The number of alkyl halides is 3. The molecule has 1 amide bonds. The summed E-state index contributed by atoms with van der Waals surface area (Å²) in [5.41, 5.74) is -0.288. The molecule has 8 heteroatoms. The van der Waals surface area contributed by atoms with Crippen LogP contribution in [0.25, 0.3) is 0 Å². The number of carbonyl (C=O) groups is 1. The quantitative estimate of drug-likeness (QED) is 0.628. The average molecular weight is 370 g/mol. The maximum atomic E-state index is 13.1. The number of amides is 1. The molecule has 0 unspecified atom stereocenters. The Bertz CT molecular complexity index is 743. The Hall–Kier alpha value is -2.09. The maximum absolute atomic E-state index is 13.1. The van der Waals surface area contributed by atoms with Crippen LogP contribution < -0.4 is 5.32 Å². The number of aromatic nitrogens is 1. The van der Waals surface area contributed by atoms with Gasteiger partial charge in [-0.1, -0.05) is 23.9 Å². The van der Waals surface area contributed by atoms with E-state index >= 15 is 0 Å². The second-order valence-electron chi connectivity index (χ2n) is 5.72. The first kappa shape index (κ1) is 17.7. The normalized spacial score (nSPS) is 15.7. The van der Waals surface area contributed by atoms with Gasteiger partial charge in [-0.2, -0.15) is 13.2 Å². The summed E-state index contributed by atoms with van der Waals surface area (Å²) in [6.07, 6.45) is -1.91. The molecule has 1 aromatic carbocycles. The molecule has 2 aromatic rings. The van der Waals surface area contributed by atoms with Crippen molar-refractivity contribution in [1.82, 2.24) is 10.3 Å². The molecular formula is C17H14F4N2OS. The first-order valence-electron chi connectivity index (χ1n) is 7.58. The summed E-state index contributed by atoms with van der Waals surface area (Å²) in [5.74, 6) is -0.691. The molecule has 1 saturated carbocycles. The Morgan fingerprint density at radius 2 is 1.84 bits per heavy atom. The molecule has 0 bridgehead atoms. The van der Waals surface area contributed by atoms with Crippen molar-refractivity contribution in [3.05, 3.63) is 59.5 Å². The Balaban J connectivity index is 1.81. The lowest BCUT2D eigenvalue weighted by atomic mass is 10.1. The molecule has 1 N–H and O–H groups in total. The van der Waals surface area contributed by atoms with Gasteiger partial charge in [-0.15, -0.1) is 0 Å². The van der Waals surface area contributed by atoms with E-state index in [1.54, 1.807) is 0 Å². The van der Waals surface area contributed by atoms with E-state index < -0.39 is 22.8 Å². The fourth-order valence-corrected chi connectivity index (χ4v) is 3.12. The van der Waals surface area contributed by atoms with Gasteiger partial charge in [0.05, 0.1) is 10.6 Å². The molecule has 0 spiro atoms. The third kappa shape index (κ3) is 4.72. The van der Waals surface area contributed by atoms with Crippen LogP contribution in [0, 0.1) is 5.82 Å². The van der Waals surface area contributed by atoms with E-state index in [2.05, 4.69) is 10.3 Å². The SMILES string of the molecule is O=C(NC1CC1)[C@H](Sc1ccc(C(F)(F)F)cn1)c1ccc(F)cc1. The molecule has 0 radical (unpaired) electrons. The Morgan fingerprint density at radius 3 is 2.36 bits per heavy atom. The number of nitrogens with zero attached hydrogens (tertiary/aromatic N) is 1. The minimum Gasteiger partial charge on any atom is -0.352 e. The number of benzene rings is 1. The first-order valence-corrected chi connectivity index (χ1v) is 8.46. The molecule has 3 rings (SSSR count). The Morgan fingerprint density at radius 1 is 1.16 bits per heavy atom. The largest absolute Gasteiger partial charge is 0.417 e. The van der Waals surface area contributed by atoms with Crippen LogP contribution in [-0.2, 0) is 11.0 Å². The lowest BCUT2D eigenvalue weighted by molar-refractivity contribution is -0.137. The predicted octanol–water partition coefficient (Wildman–Crippen LogP) is 4.35. The van der Waals surface area contributed by atoms with Gasteiger partial charge in [0, 0.05) is 12.2 Å². The third-order valence-electron chi connectivity index (χ3n) is 3.64. The number of pyridine rings is 1. The van der Waals surface area contributed by atoms with E-state index in [4.69, 9.17) is 0 Å². The van der Waals surface area contributed by atoms with Crippen LogP contribution in [-0.4, -0.2) is 16.9 Å². The van der Waals surface area contributed by atoms with Gasteiger partial charge < -0.3 is 5.32 Å². The minimum absolute atomic E-state index is 0.136. The second kappa shape index (κ2) is 7.03. The van der Waals surface area contributed by atoms with Gasteiger partial charge in [-0.3, -0.25) is 4.79 Å². The van der Waals surface area contributed by atoms with E-state index in [1.165, 1.54) is 30.3 Å². The molecule has 1 heterocycles. The average Bonchev–Trinajstić information content (AvgIpc) is 3.37. The molecule has 1 atom stereocenters. The summed E-state index contributed by atoms with van der Waals surface area (Å²) in [5, 5.41) is 2.43. The lowest BCUT2D eigenvalue weighted by Gasteiger charge is -2.17. The van der Waals surface area contributed by atoms with Crippen LogP contribution in [0.2, 0.25) is 0 Å². The number of rotatable bonds is 5. The van der Waals surface area contributed by atoms with Crippen molar-refractivity contribution < 1.29 is 22.4 Å². The van der Waals surface area contributed by atoms with E-state index in [0.717, 1.165) is 36.9 Å². The highest BCUT2D eigenvalue weighted by Gasteiger charge is 2.32. The lowest BCUT2D eigenvalue weighted by Crippen LogP contribution is -2.29. The summed E-state index contributed by atoms with van der Waals surface area (Å²) >= 11 is 1.03. The maximum Gasteiger partial charge on any atom is 0.417 e. The number of nitrogens with one attached hydrogen (secondary N) is 1. The number of halogens is 4. The van der Waals surface area contributed by atoms with Gasteiger partial charge in [0.1, 0.15) is 11.1 Å². The zero-order valence-electron chi connectivity index (χ0n) is 12.9. The van der Waals surface area contributed by atoms with Gasteiger partial charge in [-0.05, 0) is 42.7 Å². The van der Waals surface area contributed by atoms with Crippen molar-refractivity contribution in [1.29, 1.82) is 0 Å². The molecule has 1 aliphatic rings. The van der Waals surface area contributed by atoms with Crippen molar-refractivity contribution in [2.45, 2.75) is 35.3 Å². The van der Waals surface area contributed by atoms with Crippen molar-refractivity contribution in [3.63, 3.8) is 0 Å². The number of hydrogen-bond acceptors (Lipinski definition) is 3. The Labute approximate surface area is 145 Å². The highest BCUT2D eigenvalue weighted by molar-refractivity contribution is 8.00. The molecule has 1 fully saturated rings. The van der Waals surface area contributed by atoms with Crippen LogP contribution in [0.4, 0.5) is 17.6 Å². The van der Waals surface area contributed by atoms with Gasteiger partial charge in [0.25, 0.3) is 0 Å². The fraction of sp³-hybridized carbons (Fsp3) is 0.294. The highest BCUT2D eigenvalue weighted by Crippen LogP contribution is 2.37. The molecular weight excluding hydrogens is 356 g/mol. The summed E-state index contributed by atoms with van der Waals surface area (Å²) in [6.45, 7) is 0. The Kier molecular flexibility index (Phi) is 4.99. The molecule has 25 heavy (non-hydrogen) atoms. The van der Waals surface area contributed by atoms with Gasteiger partial charge in [0.2, 0.25) is 5.91 Å². The van der Waals surface area contributed by atoms with Crippen LogP contribution in [0.3, 0.4) is 0 Å².